The van der Waals surface area contributed by atoms with Crippen molar-refractivity contribution in [1.29, 1.82) is 0 Å². The number of rotatable bonds is 6. The Bertz CT molecular complexity index is 925. The topological polar surface area (TPSA) is 83.7 Å². The average Bonchev–Trinajstić information content (AvgIpc) is 3.14. The van der Waals surface area contributed by atoms with Crippen molar-refractivity contribution in [3.63, 3.8) is 0 Å². The Kier molecular flexibility index (Phi) is 5.38. The van der Waals surface area contributed by atoms with Crippen LogP contribution in [0.5, 0.6) is 11.5 Å². The molecule has 0 N–H and O–H groups in total. The third-order valence-electron chi connectivity index (χ3n) is 3.50. The minimum atomic E-state index is -0.533. The summed E-state index contributed by atoms with van der Waals surface area (Å²) in [7, 11) is 3.10. The van der Waals surface area contributed by atoms with E-state index >= 15 is 0 Å². The molecular formula is C18H15ClN2O5. The highest BCUT2D eigenvalue weighted by atomic mass is 35.5. The number of hydrogen-bond donors (Lipinski definition) is 0. The van der Waals surface area contributed by atoms with Crippen molar-refractivity contribution < 1.29 is 23.5 Å². The number of benzene rings is 2. The second-order valence-corrected chi connectivity index (χ2v) is 5.60. The van der Waals surface area contributed by atoms with Crippen LogP contribution >= 0.6 is 11.6 Å². The number of aromatic nitrogens is 2. The Morgan fingerprint density at radius 3 is 2.73 bits per heavy atom. The van der Waals surface area contributed by atoms with E-state index in [9.17, 15) is 4.79 Å². The van der Waals surface area contributed by atoms with E-state index in [2.05, 4.69) is 10.1 Å². The van der Waals surface area contributed by atoms with Crippen molar-refractivity contribution in [2.75, 3.05) is 14.2 Å². The van der Waals surface area contributed by atoms with Gasteiger partial charge in [-0.25, -0.2) is 4.79 Å². The van der Waals surface area contributed by atoms with Gasteiger partial charge in [0.2, 0.25) is 5.82 Å². The summed E-state index contributed by atoms with van der Waals surface area (Å²) >= 11 is 5.86. The van der Waals surface area contributed by atoms with Gasteiger partial charge in [0, 0.05) is 11.1 Å². The summed E-state index contributed by atoms with van der Waals surface area (Å²) in [5.74, 6) is 1.12. The quantitative estimate of drug-likeness (QED) is 0.607. The van der Waals surface area contributed by atoms with E-state index < -0.39 is 5.97 Å². The van der Waals surface area contributed by atoms with Gasteiger partial charge in [-0.1, -0.05) is 22.8 Å². The Labute approximate surface area is 154 Å². The summed E-state index contributed by atoms with van der Waals surface area (Å²) in [6, 6.07) is 11.7. The first-order valence-corrected chi connectivity index (χ1v) is 7.96. The minimum Gasteiger partial charge on any atom is -0.497 e. The van der Waals surface area contributed by atoms with Crippen molar-refractivity contribution >= 4 is 17.6 Å². The van der Waals surface area contributed by atoms with Crippen molar-refractivity contribution in [2.45, 2.75) is 6.61 Å². The van der Waals surface area contributed by atoms with Crippen molar-refractivity contribution in [3.8, 4) is 22.9 Å². The standard InChI is InChI=1S/C18H15ClN2O5/c1-23-13-6-7-14(15(9-13)24-2)17-20-16(26-21-17)10-25-18(22)11-4-3-5-12(19)8-11/h3-9H,10H2,1-2H3. The zero-order chi connectivity index (χ0) is 18.5. The fraction of sp³-hybridized carbons (Fsp3) is 0.167. The summed E-state index contributed by atoms with van der Waals surface area (Å²) in [5.41, 5.74) is 0.971. The van der Waals surface area contributed by atoms with Gasteiger partial charge in [-0.3, -0.25) is 0 Å². The van der Waals surface area contributed by atoms with Crippen molar-refractivity contribution in [3.05, 3.63) is 58.9 Å². The van der Waals surface area contributed by atoms with Gasteiger partial charge in [0.05, 0.1) is 25.3 Å². The van der Waals surface area contributed by atoms with E-state index in [0.717, 1.165) is 0 Å². The first kappa shape index (κ1) is 17.8. The molecule has 0 spiro atoms. The highest BCUT2D eigenvalue weighted by Crippen LogP contribution is 2.31. The molecule has 3 rings (SSSR count). The third kappa shape index (κ3) is 3.94. The Morgan fingerprint density at radius 1 is 1.15 bits per heavy atom. The first-order chi connectivity index (χ1) is 12.6. The van der Waals surface area contributed by atoms with E-state index in [0.29, 0.717) is 33.5 Å². The molecule has 7 nitrogen and oxygen atoms in total. The van der Waals surface area contributed by atoms with Crippen molar-refractivity contribution in [1.82, 2.24) is 10.1 Å². The molecule has 1 heterocycles. The summed E-state index contributed by atoms with van der Waals surface area (Å²) < 4.78 is 20.8. The van der Waals surface area contributed by atoms with Crippen LogP contribution in [0, 0.1) is 0 Å². The van der Waals surface area contributed by atoms with Gasteiger partial charge in [0.25, 0.3) is 5.89 Å². The van der Waals surface area contributed by atoms with Crippen LogP contribution in [-0.2, 0) is 11.3 Å². The van der Waals surface area contributed by atoms with E-state index in [1.165, 1.54) is 13.2 Å². The molecule has 2 aromatic carbocycles. The molecule has 0 unspecified atom stereocenters. The highest BCUT2D eigenvalue weighted by Gasteiger charge is 2.16. The van der Waals surface area contributed by atoms with Gasteiger partial charge in [-0.15, -0.1) is 0 Å². The normalized spacial score (nSPS) is 10.4. The van der Waals surface area contributed by atoms with Crippen LogP contribution in [0.3, 0.4) is 0 Å². The Balaban J connectivity index is 1.71. The molecule has 134 valence electrons. The van der Waals surface area contributed by atoms with Crippen LogP contribution in [0.1, 0.15) is 16.2 Å². The van der Waals surface area contributed by atoms with Gasteiger partial charge >= 0.3 is 5.97 Å². The molecule has 26 heavy (non-hydrogen) atoms. The second-order valence-electron chi connectivity index (χ2n) is 5.16. The average molecular weight is 375 g/mol. The van der Waals surface area contributed by atoms with Gasteiger partial charge < -0.3 is 18.7 Å². The van der Waals surface area contributed by atoms with Crippen LogP contribution in [0.25, 0.3) is 11.4 Å². The highest BCUT2D eigenvalue weighted by molar-refractivity contribution is 6.30. The molecule has 0 fully saturated rings. The summed E-state index contributed by atoms with van der Waals surface area (Å²) in [6.45, 7) is -0.156. The molecule has 8 heteroatoms. The van der Waals surface area contributed by atoms with Gasteiger partial charge in [-0.2, -0.15) is 4.98 Å². The fourth-order valence-corrected chi connectivity index (χ4v) is 2.42. The minimum absolute atomic E-state index is 0.156. The fourth-order valence-electron chi connectivity index (χ4n) is 2.23. The van der Waals surface area contributed by atoms with Gasteiger partial charge in [0.15, 0.2) is 6.61 Å². The number of ether oxygens (including phenoxy) is 3. The van der Waals surface area contributed by atoms with E-state index in [4.69, 9.17) is 30.3 Å². The lowest BCUT2D eigenvalue weighted by molar-refractivity contribution is 0.0430. The number of carbonyl (C=O) groups is 1. The molecular weight excluding hydrogens is 360 g/mol. The Hall–Kier alpha value is -3.06. The van der Waals surface area contributed by atoms with Crippen LogP contribution in [0.2, 0.25) is 5.02 Å². The van der Waals surface area contributed by atoms with Gasteiger partial charge in [-0.05, 0) is 30.3 Å². The number of hydrogen-bond acceptors (Lipinski definition) is 7. The molecule has 3 aromatic rings. The zero-order valence-corrected chi connectivity index (χ0v) is 14.8. The van der Waals surface area contributed by atoms with Crippen LogP contribution in [-0.4, -0.2) is 30.3 Å². The lowest BCUT2D eigenvalue weighted by Gasteiger charge is -2.07. The predicted molar refractivity (Wildman–Crippen MR) is 93.4 cm³/mol. The maximum absolute atomic E-state index is 12.0. The number of nitrogens with zero attached hydrogens (tertiary/aromatic N) is 2. The summed E-state index contributed by atoms with van der Waals surface area (Å²) in [4.78, 5) is 16.2. The number of esters is 1. The molecule has 0 aliphatic carbocycles. The number of halogens is 1. The molecule has 0 saturated heterocycles. The molecule has 0 saturated carbocycles. The number of carbonyl (C=O) groups excluding carboxylic acids is 1. The third-order valence-corrected chi connectivity index (χ3v) is 3.74. The smallest absolute Gasteiger partial charge is 0.338 e. The lowest BCUT2D eigenvalue weighted by Crippen LogP contribution is -2.05. The summed E-state index contributed by atoms with van der Waals surface area (Å²) in [5, 5.41) is 4.35. The van der Waals surface area contributed by atoms with Crippen LogP contribution < -0.4 is 9.47 Å². The SMILES string of the molecule is COc1ccc(-c2noc(COC(=O)c3cccc(Cl)c3)n2)c(OC)c1. The van der Waals surface area contributed by atoms with Crippen LogP contribution in [0.4, 0.5) is 0 Å². The maximum Gasteiger partial charge on any atom is 0.338 e. The summed E-state index contributed by atoms with van der Waals surface area (Å²) in [6.07, 6.45) is 0. The molecule has 0 bridgehead atoms. The van der Waals surface area contributed by atoms with E-state index in [1.54, 1.807) is 43.5 Å². The van der Waals surface area contributed by atoms with Crippen LogP contribution in [0.15, 0.2) is 47.0 Å². The number of methoxy groups -OCH3 is 2. The Morgan fingerprint density at radius 2 is 2.00 bits per heavy atom. The zero-order valence-electron chi connectivity index (χ0n) is 14.1. The molecule has 1 aromatic heterocycles. The predicted octanol–water partition coefficient (Wildman–Crippen LogP) is 3.76. The van der Waals surface area contributed by atoms with E-state index in [1.807, 2.05) is 0 Å². The molecule has 0 amide bonds. The first-order valence-electron chi connectivity index (χ1n) is 7.58. The molecule has 0 aliphatic rings. The lowest BCUT2D eigenvalue weighted by atomic mass is 10.2. The maximum atomic E-state index is 12.0. The van der Waals surface area contributed by atoms with E-state index in [-0.39, 0.29) is 12.5 Å². The second kappa shape index (κ2) is 7.88. The molecule has 0 radical (unpaired) electrons. The molecule has 0 aliphatic heterocycles. The largest absolute Gasteiger partial charge is 0.497 e. The molecule has 0 atom stereocenters. The van der Waals surface area contributed by atoms with Gasteiger partial charge in [0.1, 0.15) is 11.5 Å². The monoisotopic (exact) mass is 374 g/mol. The van der Waals surface area contributed by atoms with Crippen molar-refractivity contribution in [2.24, 2.45) is 0 Å².